The molecule has 0 aromatic heterocycles. The standard InChI is InChI=1S/C16H34N4/c1-4-13-6-8-14(9-7-13)16(18-17)15-12-19(2)10-5-11-20(15)3/h13-16,18H,4-12,17H2,1-3H3. The van der Waals surface area contributed by atoms with Crippen molar-refractivity contribution in [3.8, 4) is 0 Å². The summed E-state index contributed by atoms with van der Waals surface area (Å²) < 4.78 is 0. The first-order valence-electron chi connectivity index (χ1n) is 8.50. The summed E-state index contributed by atoms with van der Waals surface area (Å²) in [6.07, 6.45) is 8.10. The molecule has 1 aliphatic carbocycles. The van der Waals surface area contributed by atoms with Crippen molar-refractivity contribution in [3.05, 3.63) is 0 Å². The molecule has 4 heteroatoms. The predicted molar refractivity (Wildman–Crippen MR) is 85.4 cm³/mol. The molecular weight excluding hydrogens is 248 g/mol. The third kappa shape index (κ3) is 3.94. The summed E-state index contributed by atoms with van der Waals surface area (Å²) in [6.45, 7) is 5.87. The number of nitrogens with two attached hydrogens (primary N) is 1. The highest BCUT2D eigenvalue weighted by Crippen LogP contribution is 2.34. The molecule has 1 saturated carbocycles. The van der Waals surface area contributed by atoms with E-state index in [4.69, 9.17) is 5.84 Å². The Morgan fingerprint density at radius 2 is 1.85 bits per heavy atom. The fraction of sp³-hybridized carbons (Fsp3) is 1.00. The first-order valence-corrected chi connectivity index (χ1v) is 8.50. The van der Waals surface area contributed by atoms with Crippen molar-refractivity contribution in [1.82, 2.24) is 15.2 Å². The lowest BCUT2D eigenvalue weighted by Crippen LogP contribution is -2.57. The third-order valence-electron chi connectivity index (χ3n) is 5.70. The minimum Gasteiger partial charge on any atom is -0.305 e. The van der Waals surface area contributed by atoms with E-state index in [0.717, 1.165) is 18.4 Å². The van der Waals surface area contributed by atoms with Crippen LogP contribution in [0.1, 0.15) is 45.4 Å². The van der Waals surface area contributed by atoms with Gasteiger partial charge >= 0.3 is 0 Å². The van der Waals surface area contributed by atoms with Crippen LogP contribution in [0.5, 0.6) is 0 Å². The van der Waals surface area contributed by atoms with E-state index in [1.807, 2.05) is 0 Å². The molecule has 2 fully saturated rings. The van der Waals surface area contributed by atoms with Crippen molar-refractivity contribution in [2.45, 2.75) is 57.5 Å². The Kier molecular flexibility index (Phi) is 6.27. The quantitative estimate of drug-likeness (QED) is 0.608. The normalized spacial score (nSPS) is 35.7. The van der Waals surface area contributed by atoms with Crippen molar-refractivity contribution < 1.29 is 0 Å². The van der Waals surface area contributed by atoms with Crippen LogP contribution in [0.25, 0.3) is 0 Å². The van der Waals surface area contributed by atoms with Crippen molar-refractivity contribution in [2.24, 2.45) is 17.7 Å². The van der Waals surface area contributed by atoms with E-state index in [-0.39, 0.29) is 0 Å². The van der Waals surface area contributed by atoms with Crippen molar-refractivity contribution in [2.75, 3.05) is 33.7 Å². The maximum atomic E-state index is 5.97. The number of nitrogens with zero attached hydrogens (tertiary/aromatic N) is 2. The molecule has 0 aromatic rings. The third-order valence-corrected chi connectivity index (χ3v) is 5.70. The Hall–Kier alpha value is -0.160. The van der Waals surface area contributed by atoms with Crippen molar-refractivity contribution >= 4 is 0 Å². The molecule has 2 rings (SSSR count). The smallest absolute Gasteiger partial charge is 0.0406 e. The number of hydrogen-bond acceptors (Lipinski definition) is 4. The van der Waals surface area contributed by atoms with Gasteiger partial charge in [0.25, 0.3) is 0 Å². The zero-order valence-electron chi connectivity index (χ0n) is 13.6. The van der Waals surface area contributed by atoms with Crippen LogP contribution in [0.15, 0.2) is 0 Å². The van der Waals surface area contributed by atoms with Crippen LogP contribution in [-0.2, 0) is 0 Å². The molecule has 2 atom stereocenters. The minimum absolute atomic E-state index is 0.443. The van der Waals surface area contributed by atoms with Crippen LogP contribution in [0.2, 0.25) is 0 Å². The molecule has 1 heterocycles. The zero-order valence-corrected chi connectivity index (χ0v) is 13.6. The van der Waals surface area contributed by atoms with E-state index in [9.17, 15) is 0 Å². The molecule has 0 aromatic carbocycles. The van der Waals surface area contributed by atoms with E-state index in [0.29, 0.717) is 12.1 Å². The summed E-state index contributed by atoms with van der Waals surface area (Å²) in [7, 11) is 4.51. The van der Waals surface area contributed by atoms with Gasteiger partial charge in [-0.1, -0.05) is 26.2 Å². The molecule has 0 spiro atoms. The molecule has 1 aliphatic heterocycles. The van der Waals surface area contributed by atoms with Crippen LogP contribution >= 0.6 is 0 Å². The van der Waals surface area contributed by atoms with E-state index >= 15 is 0 Å². The number of hydrazine groups is 1. The van der Waals surface area contributed by atoms with Gasteiger partial charge in [0.2, 0.25) is 0 Å². The Bertz CT molecular complexity index is 276. The largest absolute Gasteiger partial charge is 0.305 e. The van der Waals surface area contributed by atoms with Crippen LogP contribution in [0.4, 0.5) is 0 Å². The van der Waals surface area contributed by atoms with Crippen LogP contribution in [0, 0.1) is 11.8 Å². The molecule has 3 N–H and O–H groups in total. The predicted octanol–water partition coefficient (Wildman–Crippen LogP) is 1.67. The second-order valence-electron chi connectivity index (χ2n) is 7.05. The van der Waals surface area contributed by atoms with Gasteiger partial charge in [0.05, 0.1) is 0 Å². The van der Waals surface area contributed by atoms with Gasteiger partial charge < -0.3 is 9.80 Å². The van der Waals surface area contributed by atoms with E-state index in [2.05, 4.69) is 36.2 Å². The maximum Gasteiger partial charge on any atom is 0.0406 e. The van der Waals surface area contributed by atoms with Gasteiger partial charge in [-0.3, -0.25) is 11.3 Å². The molecule has 118 valence electrons. The van der Waals surface area contributed by atoms with Gasteiger partial charge in [-0.25, -0.2) is 0 Å². The van der Waals surface area contributed by atoms with Gasteiger partial charge in [-0.15, -0.1) is 0 Å². The number of rotatable bonds is 4. The molecule has 0 amide bonds. The number of likely N-dealkylation sites (N-methyl/N-ethyl adjacent to an activating group) is 2. The highest BCUT2D eigenvalue weighted by Gasteiger charge is 2.35. The lowest BCUT2D eigenvalue weighted by atomic mass is 9.76. The van der Waals surface area contributed by atoms with E-state index in [1.165, 1.54) is 51.6 Å². The molecule has 1 saturated heterocycles. The SMILES string of the molecule is CCC1CCC(C(NN)C2CN(C)CCCN2C)CC1. The fourth-order valence-electron chi connectivity index (χ4n) is 4.21. The van der Waals surface area contributed by atoms with Crippen LogP contribution in [-0.4, -0.2) is 55.6 Å². The van der Waals surface area contributed by atoms with Gasteiger partial charge in [-0.05, 0) is 58.3 Å². The average Bonchev–Trinajstić information content (AvgIpc) is 2.62. The Morgan fingerprint density at radius 1 is 1.15 bits per heavy atom. The molecule has 0 bridgehead atoms. The lowest BCUT2D eigenvalue weighted by Gasteiger charge is -2.41. The molecule has 4 nitrogen and oxygen atoms in total. The van der Waals surface area contributed by atoms with Gasteiger partial charge in [0.15, 0.2) is 0 Å². The second kappa shape index (κ2) is 7.74. The number of hydrogen-bond donors (Lipinski definition) is 2. The van der Waals surface area contributed by atoms with Gasteiger partial charge in [0.1, 0.15) is 0 Å². The molecule has 0 radical (unpaired) electrons. The van der Waals surface area contributed by atoms with Crippen LogP contribution < -0.4 is 11.3 Å². The first-order chi connectivity index (χ1) is 9.65. The van der Waals surface area contributed by atoms with Crippen molar-refractivity contribution in [1.29, 1.82) is 0 Å². The minimum atomic E-state index is 0.443. The molecule has 2 unspecified atom stereocenters. The molecule has 20 heavy (non-hydrogen) atoms. The Morgan fingerprint density at radius 3 is 2.45 bits per heavy atom. The summed E-state index contributed by atoms with van der Waals surface area (Å²) in [5.41, 5.74) is 3.18. The molecule has 2 aliphatic rings. The fourth-order valence-corrected chi connectivity index (χ4v) is 4.21. The second-order valence-corrected chi connectivity index (χ2v) is 7.05. The Labute approximate surface area is 125 Å². The zero-order chi connectivity index (χ0) is 14.5. The van der Waals surface area contributed by atoms with E-state index in [1.54, 1.807) is 0 Å². The summed E-state index contributed by atoms with van der Waals surface area (Å²) in [5, 5.41) is 0. The highest BCUT2D eigenvalue weighted by molar-refractivity contribution is 4.92. The average molecular weight is 282 g/mol. The summed E-state index contributed by atoms with van der Waals surface area (Å²) >= 11 is 0. The summed E-state index contributed by atoms with van der Waals surface area (Å²) in [5.74, 6) is 7.67. The monoisotopic (exact) mass is 282 g/mol. The lowest BCUT2D eigenvalue weighted by molar-refractivity contribution is 0.115. The van der Waals surface area contributed by atoms with Crippen molar-refractivity contribution in [3.63, 3.8) is 0 Å². The topological polar surface area (TPSA) is 44.5 Å². The first kappa shape index (κ1) is 16.2. The van der Waals surface area contributed by atoms with Gasteiger partial charge in [-0.2, -0.15) is 0 Å². The maximum absolute atomic E-state index is 5.97. The highest BCUT2D eigenvalue weighted by atomic mass is 15.3. The van der Waals surface area contributed by atoms with Crippen LogP contribution in [0.3, 0.4) is 0 Å². The van der Waals surface area contributed by atoms with E-state index < -0.39 is 0 Å². The summed E-state index contributed by atoms with van der Waals surface area (Å²) in [4.78, 5) is 5.00. The molecular formula is C16H34N4. The van der Waals surface area contributed by atoms with Gasteiger partial charge in [0, 0.05) is 18.6 Å². The number of nitrogens with one attached hydrogen (secondary N) is 1. The Balaban J connectivity index is 1.99. The summed E-state index contributed by atoms with van der Waals surface area (Å²) in [6, 6.07) is 0.994.